The molecule has 3 heterocycles. The van der Waals surface area contributed by atoms with Crippen molar-refractivity contribution >= 4 is 17.6 Å². The van der Waals surface area contributed by atoms with Gasteiger partial charge in [-0.05, 0) is 123 Å². The van der Waals surface area contributed by atoms with Gasteiger partial charge in [0.15, 0.2) is 0 Å². The number of aliphatic carboxylic acids is 1. The monoisotopic (exact) mass is 801 g/mol. The molecule has 2 aliphatic heterocycles. The van der Waals surface area contributed by atoms with Crippen LogP contribution in [0.2, 0.25) is 5.02 Å². The van der Waals surface area contributed by atoms with Crippen LogP contribution in [0.15, 0.2) is 67.0 Å². The Bertz CT molecular complexity index is 2180. The van der Waals surface area contributed by atoms with Gasteiger partial charge in [0.05, 0.1) is 23.3 Å². The van der Waals surface area contributed by atoms with E-state index in [1.165, 1.54) is 12.6 Å². The molecule has 1 aliphatic carbocycles. The highest BCUT2D eigenvalue weighted by molar-refractivity contribution is 6.32. The topological polar surface area (TPSA) is 132 Å². The van der Waals surface area contributed by atoms with Crippen molar-refractivity contribution in [1.29, 1.82) is 10.5 Å². The molecule has 3 aliphatic rings. The molecule has 3 aromatic carbocycles. The molecular formula is C47H52ClN5O5. The smallest absolute Gasteiger partial charge is 0.320 e. The number of rotatable bonds is 15. The summed E-state index contributed by atoms with van der Waals surface area (Å²) in [7, 11) is 0. The van der Waals surface area contributed by atoms with Gasteiger partial charge >= 0.3 is 5.97 Å². The molecule has 2 saturated heterocycles. The zero-order valence-electron chi connectivity index (χ0n) is 33.5. The number of hydrogen-bond acceptors (Lipinski definition) is 9. The summed E-state index contributed by atoms with van der Waals surface area (Å²) in [5.74, 6) is 2.67. The normalized spacial score (nSPS) is 20.8. The van der Waals surface area contributed by atoms with E-state index >= 15 is 0 Å². The van der Waals surface area contributed by atoms with Crippen LogP contribution >= 0.6 is 11.6 Å². The number of carboxylic acid groups (broad SMARTS) is 1. The van der Waals surface area contributed by atoms with Crippen molar-refractivity contribution in [1.82, 2.24) is 14.8 Å². The lowest BCUT2D eigenvalue weighted by Gasteiger charge is -2.34. The summed E-state index contributed by atoms with van der Waals surface area (Å²) in [4.78, 5) is 20.8. The molecule has 0 amide bonds. The van der Waals surface area contributed by atoms with Crippen LogP contribution < -0.4 is 14.2 Å². The largest absolute Gasteiger partial charge is 0.493 e. The van der Waals surface area contributed by atoms with Gasteiger partial charge in [0.2, 0.25) is 0 Å². The highest BCUT2D eigenvalue weighted by atomic mass is 35.5. The minimum Gasteiger partial charge on any atom is -0.493 e. The number of benzene rings is 3. The van der Waals surface area contributed by atoms with Gasteiger partial charge in [-0.2, -0.15) is 10.5 Å². The zero-order valence-corrected chi connectivity index (χ0v) is 34.2. The highest BCUT2D eigenvalue weighted by Crippen LogP contribution is 2.41. The van der Waals surface area contributed by atoms with E-state index < -0.39 is 12.0 Å². The van der Waals surface area contributed by atoms with Crippen molar-refractivity contribution in [2.24, 2.45) is 17.8 Å². The van der Waals surface area contributed by atoms with Gasteiger partial charge in [-0.1, -0.05) is 48.4 Å². The summed E-state index contributed by atoms with van der Waals surface area (Å²) in [5.41, 5.74) is 7.34. The van der Waals surface area contributed by atoms with E-state index in [1.54, 1.807) is 18.3 Å². The number of piperidine rings is 2. The predicted octanol–water partition coefficient (Wildman–Crippen LogP) is 9.13. The molecule has 1 saturated carbocycles. The van der Waals surface area contributed by atoms with Crippen LogP contribution in [0, 0.1) is 54.3 Å². The summed E-state index contributed by atoms with van der Waals surface area (Å²) in [5, 5.41) is 29.1. The number of carbonyl (C=O) groups is 1. The average molecular weight is 802 g/mol. The molecule has 302 valence electrons. The third kappa shape index (κ3) is 9.76. The van der Waals surface area contributed by atoms with E-state index in [1.807, 2.05) is 23.1 Å². The molecule has 1 aromatic heterocycles. The average Bonchev–Trinajstić information content (AvgIpc) is 3.66. The minimum atomic E-state index is -0.832. The first-order valence-electron chi connectivity index (χ1n) is 20.5. The predicted molar refractivity (Wildman–Crippen MR) is 223 cm³/mol. The van der Waals surface area contributed by atoms with Gasteiger partial charge in [-0.15, -0.1) is 0 Å². The Kier molecular flexibility index (Phi) is 13.5. The standard InChI is InChI=1S/C47H52ClN5O5/c1-31-37(8-5-9-40(31)41-10-6-12-44(32(41)2)56-17-7-14-52-16-13-36-19-33(23-49)20-38(36)27-52)30-58-46-22-45(57-29-35-18-34(24-50)25-51-26-35)39(21-42(46)48)28-53-15-4-3-11-43(53)47(54)55/h5-6,8-10,12,18,21-22,25-26,33,36,38,43H,3-4,7,11,13-17,19-20,27-30H2,1-2H3,(H,54,55)/t33?,36?,38?,43-/m0/s1. The third-order valence-corrected chi connectivity index (χ3v) is 12.6. The molecule has 4 aromatic rings. The molecule has 10 nitrogen and oxygen atoms in total. The van der Waals surface area contributed by atoms with Crippen molar-refractivity contribution in [3.63, 3.8) is 0 Å². The van der Waals surface area contributed by atoms with E-state index in [9.17, 15) is 20.4 Å². The summed E-state index contributed by atoms with van der Waals surface area (Å²) in [6, 6.07) is 21.8. The number of carboxylic acids is 1. The van der Waals surface area contributed by atoms with E-state index in [0.717, 1.165) is 102 Å². The second-order valence-corrected chi connectivity index (χ2v) is 16.5. The van der Waals surface area contributed by atoms with Gasteiger partial charge < -0.3 is 24.2 Å². The Morgan fingerprint density at radius 3 is 2.48 bits per heavy atom. The lowest BCUT2D eigenvalue weighted by Crippen LogP contribution is -2.44. The van der Waals surface area contributed by atoms with Crippen LogP contribution in [-0.2, 0) is 24.6 Å². The van der Waals surface area contributed by atoms with Gasteiger partial charge in [-0.25, -0.2) is 0 Å². The van der Waals surface area contributed by atoms with Crippen LogP contribution in [0.3, 0.4) is 0 Å². The maximum atomic E-state index is 12.1. The molecule has 0 bridgehead atoms. The fourth-order valence-electron chi connectivity index (χ4n) is 9.10. The van der Waals surface area contributed by atoms with E-state index in [4.69, 9.17) is 25.8 Å². The SMILES string of the molecule is Cc1c(COc2cc(OCc3cncc(C#N)c3)c(CN3CCCC[C@H]3C(=O)O)cc2Cl)cccc1-c1cccc(OCCCN2CCC3CC(C#N)CC3C2)c1C. The molecule has 0 radical (unpaired) electrons. The van der Waals surface area contributed by atoms with Crippen LogP contribution in [0.5, 0.6) is 17.2 Å². The second kappa shape index (κ2) is 19.1. The Hall–Kier alpha value is -5.13. The Labute approximate surface area is 346 Å². The number of nitrogens with zero attached hydrogens (tertiary/aromatic N) is 5. The minimum absolute atomic E-state index is 0.159. The van der Waals surface area contributed by atoms with Crippen LogP contribution in [0.4, 0.5) is 0 Å². The van der Waals surface area contributed by atoms with Crippen LogP contribution in [-0.4, -0.2) is 64.7 Å². The maximum absolute atomic E-state index is 12.1. The fraction of sp³-hybridized carbons (Fsp3) is 0.447. The molecule has 0 spiro atoms. The molecular weight excluding hydrogens is 750 g/mol. The number of halogens is 1. The fourth-order valence-corrected chi connectivity index (χ4v) is 9.34. The van der Waals surface area contributed by atoms with Crippen LogP contribution in [0.1, 0.15) is 78.3 Å². The molecule has 1 N–H and O–H groups in total. The maximum Gasteiger partial charge on any atom is 0.320 e. The number of likely N-dealkylation sites (tertiary alicyclic amines) is 2. The van der Waals surface area contributed by atoms with Gasteiger partial charge in [0, 0.05) is 55.1 Å². The number of aromatic nitrogens is 1. The van der Waals surface area contributed by atoms with Crippen LogP contribution in [0.25, 0.3) is 11.1 Å². The number of fused-ring (bicyclic) bond motifs is 1. The quantitative estimate of drug-likeness (QED) is 0.116. The highest BCUT2D eigenvalue weighted by Gasteiger charge is 2.38. The second-order valence-electron chi connectivity index (χ2n) is 16.1. The number of hydrogen-bond donors (Lipinski definition) is 1. The first kappa shape index (κ1) is 41.0. The Morgan fingerprint density at radius 2 is 1.67 bits per heavy atom. The number of ether oxygens (including phenoxy) is 3. The number of nitriles is 2. The first-order valence-corrected chi connectivity index (χ1v) is 20.9. The lowest BCUT2D eigenvalue weighted by atomic mass is 9.89. The number of pyridine rings is 1. The molecule has 3 unspecified atom stereocenters. The Morgan fingerprint density at radius 1 is 0.879 bits per heavy atom. The first-order chi connectivity index (χ1) is 28.2. The van der Waals surface area contributed by atoms with Crippen molar-refractivity contribution in [2.45, 2.75) is 84.6 Å². The zero-order chi connectivity index (χ0) is 40.6. The molecule has 3 fully saturated rings. The summed E-state index contributed by atoms with van der Waals surface area (Å²) < 4.78 is 19.1. The third-order valence-electron chi connectivity index (χ3n) is 12.3. The van der Waals surface area contributed by atoms with E-state index in [2.05, 4.69) is 60.1 Å². The van der Waals surface area contributed by atoms with E-state index in [0.29, 0.717) is 54.1 Å². The van der Waals surface area contributed by atoms with Gasteiger partial charge in [-0.3, -0.25) is 14.7 Å². The summed E-state index contributed by atoms with van der Waals surface area (Å²) in [6.07, 6.45) is 9.85. The summed E-state index contributed by atoms with van der Waals surface area (Å²) in [6.45, 7) is 9.54. The van der Waals surface area contributed by atoms with Gasteiger partial charge in [0.1, 0.15) is 42.6 Å². The Balaban J connectivity index is 1.02. The van der Waals surface area contributed by atoms with Crippen molar-refractivity contribution in [3.05, 3.63) is 105 Å². The van der Waals surface area contributed by atoms with E-state index in [-0.39, 0.29) is 19.1 Å². The van der Waals surface area contributed by atoms with Crippen molar-refractivity contribution in [3.8, 4) is 40.5 Å². The molecule has 7 rings (SSSR count). The van der Waals surface area contributed by atoms with Gasteiger partial charge in [0.25, 0.3) is 0 Å². The molecule has 58 heavy (non-hydrogen) atoms. The molecule has 11 heteroatoms. The van der Waals surface area contributed by atoms with Crippen molar-refractivity contribution in [2.75, 3.05) is 32.8 Å². The van der Waals surface area contributed by atoms with Crippen molar-refractivity contribution < 1.29 is 24.1 Å². The lowest BCUT2D eigenvalue weighted by molar-refractivity contribution is -0.144. The summed E-state index contributed by atoms with van der Waals surface area (Å²) >= 11 is 6.89. The molecule has 4 atom stereocenters.